The van der Waals surface area contributed by atoms with Gasteiger partial charge in [-0.3, -0.25) is 14.6 Å². The van der Waals surface area contributed by atoms with Crippen molar-refractivity contribution in [1.29, 1.82) is 0 Å². The Hall–Kier alpha value is -3.05. The number of nitrogens with zero attached hydrogens (tertiary/aromatic N) is 5. The van der Waals surface area contributed by atoms with Gasteiger partial charge in [0.2, 0.25) is 5.91 Å². The van der Waals surface area contributed by atoms with Gasteiger partial charge in [-0.15, -0.1) is 11.3 Å². The number of amides is 1. The molecule has 0 unspecified atom stereocenters. The average molecular weight is 535 g/mol. The van der Waals surface area contributed by atoms with Crippen molar-refractivity contribution in [3.63, 3.8) is 0 Å². The SMILES string of the molecule is Cc1oc2ccccc2c1-c1nc(N2CCOCC2)c2sc(CN3CCN(C(C)(C)C(N)=O)CC3)cc2n1. The van der Waals surface area contributed by atoms with Gasteiger partial charge in [0.15, 0.2) is 11.6 Å². The van der Waals surface area contributed by atoms with Crippen LogP contribution in [0.4, 0.5) is 5.82 Å². The minimum atomic E-state index is -0.627. The Morgan fingerprint density at radius 1 is 1.08 bits per heavy atom. The van der Waals surface area contributed by atoms with Gasteiger partial charge in [0.25, 0.3) is 0 Å². The highest BCUT2D eigenvalue weighted by Gasteiger charge is 2.34. The molecule has 3 aromatic heterocycles. The number of rotatable bonds is 6. The van der Waals surface area contributed by atoms with E-state index in [2.05, 4.69) is 26.8 Å². The molecule has 0 aliphatic carbocycles. The van der Waals surface area contributed by atoms with E-state index >= 15 is 0 Å². The van der Waals surface area contributed by atoms with Gasteiger partial charge >= 0.3 is 0 Å². The summed E-state index contributed by atoms with van der Waals surface area (Å²) in [6, 6.07) is 10.3. The van der Waals surface area contributed by atoms with Crippen LogP contribution in [0, 0.1) is 6.92 Å². The third-order valence-electron chi connectivity index (χ3n) is 7.86. The van der Waals surface area contributed by atoms with Gasteiger partial charge < -0.3 is 19.8 Å². The first-order chi connectivity index (χ1) is 18.3. The highest BCUT2D eigenvalue weighted by molar-refractivity contribution is 7.19. The quantitative estimate of drug-likeness (QED) is 0.400. The molecule has 38 heavy (non-hydrogen) atoms. The van der Waals surface area contributed by atoms with E-state index in [9.17, 15) is 4.79 Å². The van der Waals surface area contributed by atoms with Crippen LogP contribution in [0.3, 0.4) is 0 Å². The lowest BCUT2D eigenvalue weighted by molar-refractivity contribution is -0.129. The summed E-state index contributed by atoms with van der Waals surface area (Å²) in [6.07, 6.45) is 0. The largest absolute Gasteiger partial charge is 0.461 e. The normalized spacial score (nSPS) is 18.0. The van der Waals surface area contributed by atoms with Crippen LogP contribution < -0.4 is 10.6 Å². The summed E-state index contributed by atoms with van der Waals surface area (Å²) in [6.45, 7) is 13.0. The van der Waals surface area contributed by atoms with E-state index in [-0.39, 0.29) is 5.91 Å². The molecule has 0 spiro atoms. The van der Waals surface area contributed by atoms with E-state index in [0.717, 1.165) is 84.1 Å². The first kappa shape index (κ1) is 25.2. The number of piperazine rings is 1. The maximum Gasteiger partial charge on any atom is 0.237 e. The molecular formula is C28H34N6O3S. The van der Waals surface area contributed by atoms with Gasteiger partial charge in [0, 0.05) is 56.1 Å². The maximum absolute atomic E-state index is 11.9. The molecule has 9 nitrogen and oxygen atoms in total. The number of ether oxygens (including phenoxy) is 1. The second-order valence-electron chi connectivity index (χ2n) is 10.6. The number of aromatic nitrogens is 2. The monoisotopic (exact) mass is 534 g/mol. The summed E-state index contributed by atoms with van der Waals surface area (Å²) in [5.74, 6) is 2.22. The maximum atomic E-state index is 11.9. The summed E-state index contributed by atoms with van der Waals surface area (Å²) in [7, 11) is 0. The van der Waals surface area contributed by atoms with Gasteiger partial charge in [0.1, 0.15) is 11.3 Å². The van der Waals surface area contributed by atoms with Crippen LogP contribution in [0.5, 0.6) is 0 Å². The summed E-state index contributed by atoms with van der Waals surface area (Å²) in [5.41, 5.74) is 7.79. The molecule has 6 rings (SSSR count). The number of carbonyl (C=O) groups is 1. The van der Waals surface area contributed by atoms with Crippen LogP contribution in [0.15, 0.2) is 34.7 Å². The Morgan fingerprint density at radius 2 is 1.82 bits per heavy atom. The fraction of sp³-hybridized carbons (Fsp3) is 0.464. The van der Waals surface area contributed by atoms with Crippen molar-refractivity contribution in [2.45, 2.75) is 32.9 Å². The van der Waals surface area contributed by atoms with E-state index in [0.29, 0.717) is 19.0 Å². The smallest absolute Gasteiger partial charge is 0.237 e. The number of para-hydroxylation sites is 1. The fourth-order valence-electron chi connectivity index (χ4n) is 5.43. The van der Waals surface area contributed by atoms with Crippen LogP contribution in [0.2, 0.25) is 0 Å². The zero-order valence-corrected chi connectivity index (χ0v) is 23.0. The summed E-state index contributed by atoms with van der Waals surface area (Å²) < 4.78 is 12.8. The third-order valence-corrected chi connectivity index (χ3v) is 8.96. The van der Waals surface area contributed by atoms with Crippen molar-refractivity contribution in [2.24, 2.45) is 5.73 Å². The number of aryl methyl sites for hydroxylation is 1. The Balaban J connectivity index is 1.33. The molecule has 2 aliphatic heterocycles. The zero-order valence-electron chi connectivity index (χ0n) is 22.2. The molecule has 0 radical (unpaired) electrons. The van der Waals surface area contributed by atoms with Crippen molar-refractivity contribution in [3.05, 3.63) is 41.0 Å². The van der Waals surface area contributed by atoms with Crippen LogP contribution in [-0.4, -0.2) is 83.7 Å². The number of primary amides is 1. The predicted molar refractivity (Wildman–Crippen MR) is 151 cm³/mol. The molecule has 2 N–H and O–H groups in total. The van der Waals surface area contributed by atoms with Crippen LogP contribution in [-0.2, 0) is 16.1 Å². The first-order valence-corrected chi connectivity index (χ1v) is 14.0. The number of carbonyl (C=O) groups excluding carboxylic acids is 1. The van der Waals surface area contributed by atoms with E-state index in [4.69, 9.17) is 24.9 Å². The van der Waals surface area contributed by atoms with Gasteiger partial charge in [0.05, 0.1) is 34.5 Å². The minimum Gasteiger partial charge on any atom is -0.461 e. The molecule has 5 heterocycles. The minimum absolute atomic E-state index is 0.277. The van der Waals surface area contributed by atoms with Crippen molar-refractivity contribution in [1.82, 2.24) is 19.8 Å². The zero-order chi connectivity index (χ0) is 26.4. The number of thiophene rings is 1. The van der Waals surface area contributed by atoms with Gasteiger partial charge in [-0.25, -0.2) is 9.97 Å². The van der Waals surface area contributed by atoms with Crippen molar-refractivity contribution < 1.29 is 13.9 Å². The molecule has 1 aromatic carbocycles. The Bertz CT molecular complexity index is 1480. The standard InChI is InChI=1S/C28H34N6O3S/c1-18-23(20-6-4-5-7-22(20)37-18)25-30-21-16-19(38-24(21)26(31-25)33-12-14-36-15-13-33)17-32-8-10-34(11-9-32)28(2,3)27(29)35/h4-7,16H,8-15,17H2,1-3H3,(H2,29,35). The summed E-state index contributed by atoms with van der Waals surface area (Å²) >= 11 is 1.78. The number of fused-ring (bicyclic) bond motifs is 2. The molecule has 0 atom stereocenters. The fourth-order valence-corrected chi connectivity index (χ4v) is 6.59. The lowest BCUT2D eigenvalue weighted by atomic mass is 10.0. The molecule has 0 saturated carbocycles. The van der Waals surface area contributed by atoms with Crippen LogP contribution in [0.1, 0.15) is 24.5 Å². The van der Waals surface area contributed by atoms with Crippen molar-refractivity contribution in [3.8, 4) is 11.4 Å². The van der Waals surface area contributed by atoms with Gasteiger partial charge in [-0.2, -0.15) is 0 Å². The number of nitrogens with two attached hydrogens (primary N) is 1. The molecule has 0 bridgehead atoms. The predicted octanol–water partition coefficient (Wildman–Crippen LogP) is 3.63. The van der Waals surface area contributed by atoms with Gasteiger partial charge in [-0.1, -0.05) is 18.2 Å². The highest BCUT2D eigenvalue weighted by atomic mass is 32.1. The average Bonchev–Trinajstić information content (AvgIpc) is 3.48. The number of benzene rings is 1. The summed E-state index contributed by atoms with van der Waals surface area (Å²) in [4.78, 5) is 30.3. The van der Waals surface area contributed by atoms with E-state index in [1.165, 1.54) is 4.88 Å². The second kappa shape index (κ2) is 9.92. The number of morpholine rings is 1. The lowest BCUT2D eigenvalue weighted by Crippen LogP contribution is -2.59. The Morgan fingerprint density at radius 3 is 2.55 bits per heavy atom. The number of hydrogen-bond donors (Lipinski definition) is 1. The summed E-state index contributed by atoms with van der Waals surface area (Å²) in [5, 5.41) is 1.03. The Labute approximate surface area is 226 Å². The highest BCUT2D eigenvalue weighted by Crippen LogP contribution is 2.38. The third kappa shape index (κ3) is 4.55. The Kier molecular flexibility index (Phi) is 6.59. The lowest BCUT2D eigenvalue weighted by Gasteiger charge is -2.42. The van der Waals surface area contributed by atoms with Crippen molar-refractivity contribution >= 4 is 44.2 Å². The first-order valence-electron chi connectivity index (χ1n) is 13.2. The topological polar surface area (TPSA) is 101 Å². The molecule has 1 amide bonds. The molecule has 4 aromatic rings. The van der Waals surface area contributed by atoms with Crippen LogP contribution >= 0.6 is 11.3 Å². The van der Waals surface area contributed by atoms with Crippen LogP contribution in [0.25, 0.3) is 32.6 Å². The number of hydrogen-bond acceptors (Lipinski definition) is 9. The molecule has 10 heteroatoms. The molecule has 2 saturated heterocycles. The molecule has 200 valence electrons. The van der Waals surface area contributed by atoms with E-state index in [1.807, 2.05) is 39.0 Å². The van der Waals surface area contributed by atoms with E-state index in [1.54, 1.807) is 11.3 Å². The second-order valence-corrected chi connectivity index (χ2v) is 11.7. The number of anilines is 1. The van der Waals surface area contributed by atoms with E-state index < -0.39 is 5.54 Å². The molecular weight excluding hydrogens is 500 g/mol. The van der Waals surface area contributed by atoms with Gasteiger partial charge in [-0.05, 0) is 32.9 Å². The molecule has 2 aliphatic rings. The molecule has 2 fully saturated rings. The van der Waals surface area contributed by atoms with Crippen molar-refractivity contribution in [2.75, 3.05) is 57.4 Å². The number of furan rings is 1.